The number of nitrogens with zero attached hydrogens (tertiary/aromatic N) is 1. The molecule has 92 valence electrons. The molecule has 0 fully saturated rings. The Labute approximate surface area is 107 Å². The van der Waals surface area contributed by atoms with Crippen LogP contribution in [0.3, 0.4) is 0 Å². The van der Waals surface area contributed by atoms with Crippen molar-refractivity contribution in [3.05, 3.63) is 66.2 Å². The number of benzene rings is 2. The van der Waals surface area contributed by atoms with E-state index in [4.69, 9.17) is 0 Å². The van der Waals surface area contributed by atoms with Gasteiger partial charge in [0.15, 0.2) is 0 Å². The van der Waals surface area contributed by atoms with Gasteiger partial charge < -0.3 is 0 Å². The average molecular weight is 240 g/mol. The van der Waals surface area contributed by atoms with Crippen molar-refractivity contribution >= 4 is 11.6 Å². The van der Waals surface area contributed by atoms with Crippen molar-refractivity contribution in [1.82, 2.24) is 5.01 Å². The van der Waals surface area contributed by atoms with Gasteiger partial charge in [-0.15, -0.1) is 0 Å². The highest BCUT2D eigenvalue weighted by Gasteiger charge is 2.13. The van der Waals surface area contributed by atoms with E-state index in [1.807, 2.05) is 67.6 Å². The van der Waals surface area contributed by atoms with E-state index in [1.165, 1.54) is 0 Å². The maximum atomic E-state index is 12.2. The molecule has 3 nitrogen and oxygen atoms in total. The Balaban J connectivity index is 2.12. The van der Waals surface area contributed by atoms with Crippen LogP contribution in [-0.4, -0.2) is 17.5 Å². The Morgan fingerprint density at radius 3 is 2.11 bits per heavy atom. The number of amides is 1. The lowest BCUT2D eigenvalue weighted by atomic mass is 10.2. The Kier molecular flexibility index (Phi) is 3.97. The Morgan fingerprint density at radius 2 is 1.56 bits per heavy atom. The molecule has 0 bridgehead atoms. The van der Waals surface area contributed by atoms with E-state index in [1.54, 1.807) is 5.01 Å². The summed E-state index contributed by atoms with van der Waals surface area (Å²) in [6, 6.07) is 18.9. The SMILES string of the molecule is CCN(Nc1ccccc1)C(=O)c1ccccc1. The lowest BCUT2D eigenvalue weighted by Crippen LogP contribution is -2.35. The van der Waals surface area contributed by atoms with Gasteiger partial charge in [0.05, 0.1) is 5.69 Å². The van der Waals surface area contributed by atoms with Crippen molar-refractivity contribution in [3.8, 4) is 0 Å². The van der Waals surface area contributed by atoms with Crippen LogP contribution < -0.4 is 5.43 Å². The molecule has 0 atom stereocenters. The van der Waals surface area contributed by atoms with Crippen LogP contribution in [0.25, 0.3) is 0 Å². The summed E-state index contributed by atoms with van der Waals surface area (Å²) in [6.07, 6.45) is 0. The minimum absolute atomic E-state index is 0.0260. The number of carbonyl (C=O) groups excluding carboxylic acids is 1. The number of rotatable bonds is 4. The highest BCUT2D eigenvalue weighted by atomic mass is 16.2. The monoisotopic (exact) mass is 240 g/mol. The van der Waals surface area contributed by atoms with E-state index in [0.29, 0.717) is 12.1 Å². The molecule has 0 saturated carbocycles. The molecule has 3 heteroatoms. The molecule has 0 saturated heterocycles. The van der Waals surface area contributed by atoms with E-state index in [0.717, 1.165) is 5.69 Å². The standard InChI is InChI=1S/C15H16N2O/c1-2-17(16-14-11-7-4-8-12-14)15(18)13-9-5-3-6-10-13/h3-12,16H,2H2,1H3. The summed E-state index contributed by atoms with van der Waals surface area (Å²) in [5, 5.41) is 1.60. The lowest BCUT2D eigenvalue weighted by molar-refractivity contribution is 0.0800. The third-order valence-corrected chi connectivity index (χ3v) is 2.62. The van der Waals surface area contributed by atoms with E-state index in [2.05, 4.69) is 5.43 Å². The molecule has 0 spiro atoms. The summed E-state index contributed by atoms with van der Waals surface area (Å²) in [5.74, 6) is -0.0260. The first-order valence-electron chi connectivity index (χ1n) is 6.00. The number of hydrazine groups is 1. The molecule has 18 heavy (non-hydrogen) atoms. The predicted octanol–water partition coefficient (Wildman–Crippen LogP) is 3.18. The summed E-state index contributed by atoms with van der Waals surface area (Å²) in [5.41, 5.74) is 4.70. The van der Waals surface area contributed by atoms with E-state index in [-0.39, 0.29) is 5.91 Å². The predicted molar refractivity (Wildman–Crippen MR) is 73.2 cm³/mol. The first-order chi connectivity index (χ1) is 8.81. The normalized spacial score (nSPS) is 9.83. The second kappa shape index (κ2) is 5.87. The summed E-state index contributed by atoms with van der Waals surface area (Å²) >= 11 is 0. The van der Waals surface area contributed by atoms with Crippen molar-refractivity contribution in [1.29, 1.82) is 0 Å². The minimum atomic E-state index is -0.0260. The van der Waals surface area contributed by atoms with Gasteiger partial charge in [-0.05, 0) is 31.2 Å². The third-order valence-electron chi connectivity index (χ3n) is 2.62. The maximum absolute atomic E-state index is 12.2. The Morgan fingerprint density at radius 1 is 1.00 bits per heavy atom. The maximum Gasteiger partial charge on any atom is 0.272 e. The summed E-state index contributed by atoms with van der Waals surface area (Å²) in [4.78, 5) is 12.2. The van der Waals surface area contributed by atoms with Crippen LogP contribution in [0.15, 0.2) is 60.7 Å². The van der Waals surface area contributed by atoms with Crippen LogP contribution in [0.1, 0.15) is 17.3 Å². The second-order valence-electron chi connectivity index (χ2n) is 3.89. The number of para-hydroxylation sites is 1. The quantitative estimate of drug-likeness (QED) is 0.832. The van der Waals surface area contributed by atoms with Gasteiger partial charge in [-0.1, -0.05) is 36.4 Å². The van der Waals surface area contributed by atoms with Gasteiger partial charge in [0, 0.05) is 12.1 Å². The molecule has 2 aromatic rings. The third kappa shape index (κ3) is 2.88. The van der Waals surface area contributed by atoms with Crippen molar-refractivity contribution in [3.63, 3.8) is 0 Å². The molecule has 2 rings (SSSR count). The lowest BCUT2D eigenvalue weighted by Gasteiger charge is -2.22. The van der Waals surface area contributed by atoms with Gasteiger partial charge in [-0.2, -0.15) is 0 Å². The summed E-state index contributed by atoms with van der Waals surface area (Å²) in [7, 11) is 0. The Hall–Kier alpha value is -2.29. The zero-order chi connectivity index (χ0) is 12.8. The molecule has 0 aliphatic carbocycles. The van der Waals surface area contributed by atoms with Gasteiger partial charge in [0.25, 0.3) is 5.91 Å². The van der Waals surface area contributed by atoms with Crippen molar-refractivity contribution < 1.29 is 4.79 Å². The zero-order valence-corrected chi connectivity index (χ0v) is 10.3. The fourth-order valence-electron chi connectivity index (χ4n) is 1.68. The molecule has 0 aromatic heterocycles. The molecule has 0 unspecified atom stereocenters. The van der Waals surface area contributed by atoms with E-state index in [9.17, 15) is 4.79 Å². The number of anilines is 1. The van der Waals surface area contributed by atoms with Gasteiger partial charge in [-0.3, -0.25) is 15.2 Å². The first kappa shape index (κ1) is 12.2. The molecule has 1 amide bonds. The van der Waals surface area contributed by atoms with Crippen LogP contribution in [-0.2, 0) is 0 Å². The molecular weight excluding hydrogens is 224 g/mol. The molecule has 0 aliphatic rings. The van der Waals surface area contributed by atoms with Crippen LogP contribution in [0.2, 0.25) is 0 Å². The number of hydrogen-bond donors (Lipinski definition) is 1. The van der Waals surface area contributed by atoms with Crippen molar-refractivity contribution in [2.75, 3.05) is 12.0 Å². The van der Waals surface area contributed by atoms with Crippen LogP contribution in [0.4, 0.5) is 5.69 Å². The average Bonchev–Trinajstić information content (AvgIpc) is 2.46. The molecule has 2 aromatic carbocycles. The van der Waals surface area contributed by atoms with Gasteiger partial charge in [0.2, 0.25) is 0 Å². The van der Waals surface area contributed by atoms with Gasteiger partial charge in [-0.25, -0.2) is 0 Å². The number of nitrogens with one attached hydrogen (secondary N) is 1. The largest absolute Gasteiger partial charge is 0.296 e. The fraction of sp³-hybridized carbons (Fsp3) is 0.133. The highest BCUT2D eigenvalue weighted by Crippen LogP contribution is 2.10. The molecule has 0 aliphatic heterocycles. The van der Waals surface area contributed by atoms with Crippen LogP contribution in [0, 0.1) is 0 Å². The van der Waals surface area contributed by atoms with Crippen LogP contribution >= 0.6 is 0 Å². The van der Waals surface area contributed by atoms with Gasteiger partial charge in [0.1, 0.15) is 0 Å². The second-order valence-corrected chi connectivity index (χ2v) is 3.89. The fourth-order valence-corrected chi connectivity index (χ4v) is 1.68. The topological polar surface area (TPSA) is 32.3 Å². The highest BCUT2D eigenvalue weighted by molar-refractivity contribution is 5.94. The zero-order valence-electron chi connectivity index (χ0n) is 10.3. The molecule has 1 N–H and O–H groups in total. The summed E-state index contributed by atoms with van der Waals surface area (Å²) < 4.78 is 0. The number of carbonyl (C=O) groups is 1. The molecular formula is C15H16N2O. The van der Waals surface area contributed by atoms with Crippen molar-refractivity contribution in [2.24, 2.45) is 0 Å². The van der Waals surface area contributed by atoms with Gasteiger partial charge >= 0.3 is 0 Å². The van der Waals surface area contributed by atoms with E-state index < -0.39 is 0 Å². The first-order valence-corrected chi connectivity index (χ1v) is 6.00. The van der Waals surface area contributed by atoms with E-state index >= 15 is 0 Å². The number of hydrogen-bond acceptors (Lipinski definition) is 2. The van der Waals surface area contributed by atoms with Crippen molar-refractivity contribution in [2.45, 2.75) is 6.92 Å². The Bertz CT molecular complexity index is 496. The smallest absolute Gasteiger partial charge is 0.272 e. The minimum Gasteiger partial charge on any atom is -0.296 e. The molecule has 0 radical (unpaired) electrons. The summed E-state index contributed by atoms with van der Waals surface area (Å²) in [6.45, 7) is 2.54. The molecule has 0 heterocycles. The van der Waals surface area contributed by atoms with Crippen LogP contribution in [0.5, 0.6) is 0 Å².